The summed E-state index contributed by atoms with van der Waals surface area (Å²) in [6.07, 6.45) is 0. The number of hydrogen-bond donors (Lipinski definition) is 0. The fourth-order valence-corrected chi connectivity index (χ4v) is 9.91. The molecule has 1 heterocycles. The van der Waals surface area contributed by atoms with Crippen LogP contribution in [0.15, 0.2) is 217 Å². The van der Waals surface area contributed by atoms with Gasteiger partial charge in [-0.15, -0.1) is 0 Å². The summed E-state index contributed by atoms with van der Waals surface area (Å²) >= 11 is 0. The van der Waals surface area contributed by atoms with Gasteiger partial charge in [0.15, 0.2) is 0 Å². The van der Waals surface area contributed by atoms with Crippen LogP contribution in [0, 0.1) is 0 Å². The normalized spacial score (nSPS) is 13.1. The van der Waals surface area contributed by atoms with Crippen LogP contribution in [0.3, 0.4) is 0 Å². The SMILES string of the molecule is c1ccc(-c2ccc(N(c3ccc4c(c3)-c3ccccc3-c3ccccc3C43c4ccccc4-c4ccccc43)c3ccc4c(c3)oc3ccccc34)cc2)cc1. The molecule has 0 fully saturated rings. The summed E-state index contributed by atoms with van der Waals surface area (Å²) in [6.45, 7) is 0. The molecule has 10 aromatic rings. The van der Waals surface area contributed by atoms with Gasteiger partial charge >= 0.3 is 0 Å². The Morgan fingerprint density at radius 3 is 1.44 bits per heavy atom. The highest BCUT2D eigenvalue weighted by atomic mass is 16.3. The maximum Gasteiger partial charge on any atom is 0.137 e. The van der Waals surface area contributed by atoms with Gasteiger partial charge in [-0.1, -0.05) is 164 Å². The Hall–Kier alpha value is -7.42. The highest BCUT2D eigenvalue weighted by Crippen LogP contribution is 2.61. The fraction of sp³-hybridized carbons (Fsp3) is 0.0182. The monoisotopic (exact) mass is 725 g/mol. The quantitative estimate of drug-likeness (QED) is 0.180. The van der Waals surface area contributed by atoms with E-state index >= 15 is 0 Å². The number of anilines is 3. The van der Waals surface area contributed by atoms with Crippen molar-refractivity contribution >= 4 is 39.0 Å². The van der Waals surface area contributed by atoms with Gasteiger partial charge in [0.1, 0.15) is 11.2 Å². The molecule has 2 heteroatoms. The summed E-state index contributed by atoms with van der Waals surface area (Å²) < 4.78 is 6.48. The van der Waals surface area contributed by atoms with E-state index in [9.17, 15) is 0 Å². The molecule has 0 atom stereocenters. The minimum Gasteiger partial charge on any atom is -0.456 e. The second kappa shape index (κ2) is 12.3. The molecule has 1 aromatic heterocycles. The van der Waals surface area contributed by atoms with E-state index in [0.29, 0.717) is 0 Å². The average molecular weight is 726 g/mol. The number of hydrogen-bond acceptors (Lipinski definition) is 2. The highest BCUT2D eigenvalue weighted by molar-refractivity contribution is 6.06. The second-order valence-electron chi connectivity index (χ2n) is 15.2. The van der Waals surface area contributed by atoms with Crippen molar-refractivity contribution < 1.29 is 4.42 Å². The minimum absolute atomic E-state index is 0.522. The first-order valence-electron chi connectivity index (χ1n) is 19.7. The molecule has 0 radical (unpaired) electrons. The van der Waals surface area contributed by atoms with Crippen LogP contribution < -0.4 is 4.90 Å². The van der Waals surface area contributed by atoms with E-state index in [1.54, 1.807) is 0 Å². The van der Waals surface area contributed by atoms with Gasteiger partial charge in [0.2, 0.25) is 0 Å². The van der Waals surface area contributed by atoms with Gasteiger partial charge in [-0.25, -0.2) is 0 Å². The van der Waals surface area contributed by atoms with E-state index in [1.165, 1.54) is 66.8 Å². The van der Waals surface area contributed by atoms with Crippen LogP contribution in [-0.4, -0.2) is 0 Å². The van der Waals surface area contributed by atoms with Gasteiger partial charge in [-0.2, -0.15) is 0 Å². The van der Waals surface area contributed by atoms with Gasteiger partial charge in [-0.05, 0) is 109 Å². The average Bonchev–Trinajstić information content (AvgIpc) is 3.77. The van der Waals surface area contributed by atoms with Crippen LogP contribution in [0.25, 0.3) is 66.4 Å². The van der Waals surface area contributed by atoms with E-state index in [2.05, 4.69) is 205 Å². The molecular weight excluding hydrogens is 691 g/mol. The predicted octanol–water partition coefficient (Wildman–Crippen LogP) is 14.7. The maximum absolute atomic E-state index is 6.48. The predicted molar refractivity (Wildman–Crippen MR) is 236 cm³/mol. The first-order valence-corrected chi connectivity index (χ1v) is 19.7. The van der Waals surface area contributed by atoms with Crippen molar-refractivity contribution in [1.82, 2.24) is 0 Å². The molecule has 2 aliphatic carbocycles. The van der Waals surface area contributed by atoms with Crippen molar-refractivity contribution in [1.29, 1.82) is 0 Å². The largest absolute Gasteiger partial charge is 0.456 e. The molecule has 2 nitrogen and oxygen atoms in total. The van der Waals surface area contributed by atoms with Crippen molar-refractivity contribution in [3.05, 3.63) is 235 Å². The Bertz CT molecular complexity index is 3140. The molecule has 1 spiro atoms. The van der Waals surface area contributed by atoms with E-state index in [4.69, 9.17) is 4.42 Å². The van der Waals surface area contributed by atoms with Crippen LogP contribution in [0.2, 0.25) is 0 Å². The number of benzene rings is 9. The zero-order valence-corrected chi connectivity index (χ0v) is 31.1. The van der Waals surface area contributed by atoms with E-state index in [1.807, 2.05) is 12.1 Å². The van der Waals surface area contributed by atoms with Gasteiger partial charge in [-0.3, -0.25) is 0 Å². The third-order valence-corrected chi connectivity index (χ3v) is 12.3. The second-order valence-corrected chi connectivity index (χ2v) is 15.2. The molecule has 0 bridgehead atoms. The summed E-state index contributed by atoms with van der Waals surface area (Å²) in [7, 11) is 0. The van der Waals surface area contributed by atoms with Gasteiger partial charge in [0.25, 0.3) is 0 Å². The van der Waals surface area contributed by atoms with Crippen LogP contribution in [0.1, 0.15) is 22.3 Å². The standard InChI is InChI=1S/C55H35NO/c1-2-14-36(15-3-1)37-26-28-38(29-27-37)56(40-30-32-47-46-21-9-13-25-53(46)57-54(47)35-40)39-31-33-52-48(34-39)42-17-5-4-16-41(42)43-18-6-10-22-49(43)55(52)50-23-11-7-19-44(50)45-20-8-12-24-51(45)55/h1-35H. The number of furan rings is 1. The summed E-state index contributed by atoms with van der Waals surface area (Å²) in [4.78, 5) is 2.38. The van der Waals surface area contributed by atoms with E-state index in [0.717, 1.165) is 39.0 Å². The third kappa shape index (κ3) is 4.59. The molecule has 57 heavy (non-hydrogen) atoms. The first-order chi connectivity index (χ1) is 28.3. The summed E-state index contributed by atoms with van der Waals surface area (Å²) in [5, 5.41) is 2.24. The van der Waals surface area contributed by atoms with Crippen molar-refractivity contribution in [3.63, 3.8) is 0 Å². The lowest BCUT2D eigenvalue weighted by Crippen LogP contribution is -2.29. The molecule has 0 saturated heterocycles. The topological polar surface area (TPSA) is 16.4 Å². The number of fused-ring (bicyclic) bond motifs is 15. The molecule has 9 aromatic carbocycles. The van der Waals surface area contributed by atoms with Crippen LogP contribution >= 0.6 is 0 Å². The van der Waals surface area contributed by atoms with Crippen molar-refractivity contribution in [2.45, 2.75) is 5.41 Å². The number of para-hydroxylation sites is 1. The number of nitrogens with zero attached hydrogens (tertiary/aromatic N) is 1. The summed E-state index contributed by atoms with van der Waals surface area (Å²) in [5.41, 5.74) is 19.6. The Morgan fingerprint density at radius 1 is 0.298 bits per heavy atom. The molecule has 0 N–H and O–H groups in total. The van der Waals surface area contributed by atoms with Crippen LogP contribution in [0.5, 0.6) is 0 Å². The van der Waals surface area contributed by atoms with Gasteiger partial charge in [0.05, 0.1) is 5.41 Å². The van der Waals surface area contributed by atoms with Crippen molar-refractivity contribution in [2.24, 2.45) is 0 Å². The van der Waals surface area contributed by atoms with Gasteiger partial charge in [0, 0.05) is 33.9 Å². The molecule has 0 saturated carbocycles. The van der Waals surface area contributed by atoms with Crippen LogP contribution in [0.4, 0.5) is 17.1 Å². The Morgan fingerprint density at radius 2 is 0.754 bits per heavy atom. The van der Waals surface area contributed by atoms with Crippen molar-refractivity contribution in [3.8, 4) is 44.5 Å². The lowest BCUT2D eigenvalue weighted by Gasteiger charge is -2.36. The zero-order valence-electron chi connectivity index (χ0n) is 31.1. The van der Waals surface area contributed by atoms with Crippen molar-refractivity contribution in [2.75, 3.05) is 4.90 Å². The van der Waals surface area contributed by atoms with E-state index < -0.39 is 5.41 Å². The van der Waals surface area contributed by atoms with E-state index in [-0.39, 0.29) is 0 Å². The lowest BCUT2D eigenvalue weighted by molar-refractivity contribution is 0.669. The molecule has 0 unspecified atom stereocenters. The van der Waals surface area contributed by atoms with Crippen LogP contribution in [-0.2, 0) is 5.41 Å². The number of rotatable bonds is 4. The fourth-order valence-electron chi connectivity index (χ4n) is 9.91. The maximum atomic E-state index is 6.48. The smallest absolute Gasteiger partial charge is 0.137 e. The Balaban J connectivity index is 1.14. The molecule has 266 valence electrons. The summed E-state index contributed by atoms with van der Waals surface area (Å²) in [6, 6.07) is 77.7. The minimum atomic E-state index is -0.522. The molecule has 2 aliphatic rings. The lowest BCUT2D eigenvalue weighted by atomic mass is 9.66. The Labute approximate surface area is 331 Å². The molecule has 0 amide bonds. The first kappa shape index (κ1) is 31.9. The molecule has 12 rings (SSSR count). The Kier molecular flexibility index (Phi) is 6.88. The third-order valence-electron chi connectivity index (χ3n) is 12.3. The molecular formula is C55H35NO. The zero-order chi connectivity index (χ0) is 37.5. The highest BCUT2D eigenvalue weighted by Gasteiger charge is 2.49. The van der Waals surface area contributed by atoms with Gasteiger partial charge < -0.3 is 9.32 Å². The summed E-state index contributed by atoms with van der Waals surface area (Å²) in [5.74, 6) is 0. The molecule has 0 aliphatic heterocycles.